The van der Waals surface area contributed by atoms with Gasteiger partial charge in [-0.25, -0.2) is 0 Å². The van der Waals surface area contributed by atoms with E-state index in [1.165, 1.54) is 0 Å². The van der Waals surface area contributed by atoms with Gasteiger partial charge in [0.25, 0.3) is 0 Å². The molecule has 3 nitrogen and oxygen atoms in total. The van der Waals surface area contributed by atoms with Crippen LogP contribution in [-0.4, -0.2) is 45.9 Å². The van der Waals surface area contributed by atoms with Crippen molar-refractivity contribution in [2.75, 3.05) is 20.8 Å². The largest absolute Gasteiger partial charge is 0.396 e. The summed E-state index contributed by atoms with van der Waals surface area (Å²) in [5, 5.41) is 8.90. The first kappa shape index (κ1) is 11.9. The van der Waals surface area contributed by atoms with E-state index in [0.29, 0.717) is 0 Å². The lowest BCUT2D eigenvalue weighted by atomic mass is 9.89. The van der Waals surface area contributed by atoms with Gasteiger partial charge in [0.15, 0.2) is 0 Å². The number of aliphatic hydroxyl groups is 1. The van der Waals surface area contributed by atoms with Crippen LogP contribution in [0.1, 0.15) is 13.3 Å². The van der Waals surface area contributed by atoms with E-state index in [1.54, 1.807) is 14.2 Å². The summed E-state index contributed by atoms with van der Waals surface area (Å²) in [5.74, 6) is 0.174. The van der Waals surface area contributed by atoms with Crippen molar-refractivity contribution < 1.29 is 14.6 Å². The average molecular weight is 174 g/mol. The van der Waals surface area contributed by atoms with Crippen molar-refractivity contribution in [1.29, 1.82) is 0 Å². The van der Waals surface area contributed by atoms with Gasteiger partial charge in [0, 0.05) is 32.7 Å². The van der Waals surface area contributed by atoms with E-state index in [2.05, 4.69) is 0 Å². The van der Waals surface area contributed by atoms with Crippen LogP contribution in [0.25, 0.3) is 0 Å². The second-order valence-electron chi connectivity index (χ2n) is 3.22. The molecule has 0 aromatic heterocycles. The molecule has 0 saturated carbocycles. The van der Waals surface area contributed by atoms with Crippen molar-refractivity contribution in [3.8, 4) is 0 Å². The standard InChI is InChI=1S/C8H19BO3/c1-6(5-10)7(11-2)4-8(9)12-3/h6-8,10H,4-5,9H2,1-3H3/t6?,7-,8+/m0/s1. The SMILES string of the molecule is B[C@@H](C[C@H](OC)C(C)CO)OC. The van der Waals surface area contributed by atoms with Crippen LogP contribution in [0.15, 0.2) is 0 Å². The zero-order valence-corrected chi connectivity index (χ0v) is 8.41. The Morgan fingerprint density at radius 3 is 2.25 bits per heavy atom. The maximum absolute atomic E-state index is 8.90. The van der Waals surface area contributed by atoms with Gasteiger partial charge >= 0.3 is 0 Å². The molecular formula is C8H19BO3. The highest BCUT2D eigenvalue weighted by molar-refractivity contribution is 6.10. The van der Waals surface area contributed by atoms with Crippen LogP contribution in [-0.2, 0) is 9.47 Å². The van der Waals surface area contributed by atoms with Crippen molar-refractivity contribution in [3.05, 3.63) is 0 Å². The molecule has 0 aliphatic heterocycles. The number of aliphatic hydroxyl groups excluding tert-OH is 1. The first-order chi connectivity index (χ1) is 5.65. The third-order valence-electron chi connectivity index (χ3n) is 2.19. The van der Waals surface area contributed by atoms with Crippen LogP contribution >= 0.6 is 0 Å². The zero-order chi connectivity index (χ0) is 9.56. The first-order valence-electron chi connectivity index (χ1n) is 4.32. The van der Waals surface area contributed by atoms with Crippen molar-refractivity contribution in [2.45, 2.75) is 25.5 Å². The maximum atomic E-state index is 8.90. The van der Waals surface area contributed by atoms with Crippen LogP contribution in [0.2, 0.25) is 0 Å². The number of hydrogen-bond acceptors (Lipinski definition) is 3. The minimum absolute atomic E-state index is 0.0879. The topological polar surface area (TPSA) is 38.7 Å². The van der Waals surface area contributed by atoms with Gasteiger partial charge in [-0.1, -0.05) is 6.92 Å². The number of methoxy groups -OCH3 is 2. The molecule has 0 aromatic carbocycles. The summed E-state index contributed by atoms with van der Waals surface area (Å²) in [5.41, 5.74) is 0. The number of hydrogen-bond donors (Lipinski definition) is 1. The summed E-state index contributed by atoms with van der Waals surface area (Å²) in [7, 11) is 5.34. The molecule has 72 valence electrons. The average Bonchev–Trinajstić information content (AvgIpc) is 2.12. The predicted molar refractivity (Wildman–Crippen MR) is 51.0 cm³/mol. The number of ether oxygens (including phenoxy) is 2. The minimum Gasteiger partial charge on any atom is -0.396 e. The van der Waals surface area contributed by atoms with E-state index in [4.69, 9.17) is 14.6 Å². The Kier molecular flexibility index (Phi) is 6.43. The number of rotatable bonds is 6. The Labute approximate surface area is 75.5 Å². The maximum Gasteiger partial charge on any atom is 0.139 e. The molecule has 4 heteroatoms. The molecule has 1 unspecified atom stereocenters. The Morgan fingerprint density at radius 2 is 1.92 bits per heavy atom. The lowest BCUT2D eigenvalue weighted by molar-refractivity contribution is 0.00402. The Morgan fingerprint density at radius 1 is 1.33 bits per heavy atom. The van der Waals surface area contributed by atoms with E-state index >= 15 is 0 Å². The monoisotopic (exact) mass is 174 g/mol. The molecule has 0 spiro atoms. The molecule has 0 rings (SSSR count). The summed E-state index contributed by atoms with van der Waals surface area (Å²) >= 11 is 0. The van der Waals surface area contributed by atoms with E-state index in [1.807, 2.05) is 14.8 Å². The highest BCUT2D eigenvalue weighted by atomic mass is 16.5. The van der Waals surface area contributed by atoms with Crippen molar-refractivity contribution in [2.24, 2.45) is 5.92 Å². The second-order valence-corrected chi connectivity index (χ2v) is 3.22. The van der Waals surface area contributed by atoms with Gasteiger partial charge in [0.1, 0.15) is 7.85 Å². The van der Waals surface area contributed by atoms with Gasteiger partial charge in [-0.15, -0.1) is 0 Å². The molecule has 0 radical (unpaired) electrons. The fourth-order valence-corrected chi connectivity index (χ4v) is 1.10. The lowest BCUT2D eigenvalue weighted by Crippen LogP contribution is -2.29. The lowest BCUT2D eigenvalue weighted by Gasteiger charge is -2.23. The highest BCUT2D eigenvalue weighted by Crippen LogP contribution is 2.12. The van der Waals surface area contributed by atoms with Gasteiger partial charge in [-0.2, -0.15) is 0 Å². The smallest absolute Gasteiger partial charge is 0.139 e. The predicted octanol–water partition coefficient (Wildman–Crippen LogP) is -0.375. The molecule has 0 aliphatic carbocycles. The molecule has 0 heterocycles. The molecule has 0 saturated heterocycles. The van der Waals surface area contributed by atoms with Crippen LogP contribution in [0, 0.1) is 5.92 Å². The molecule has 0 amide bonds. The highest BCUT2D eigenvalue weighted by Gasteiger charge is 2.18. The van der Waals surface area contributed by atoms with Gasteiger partial charge in [0.2, 0.25) is 0 Å². The third kappa shape index (κ3) is 4.09. The third-order valence-corrected chi connectivity index (χ3v) is 2.19. The summed E-state index contributed by atoms with van der Waals surface area (Å²) in [6, 6.07) is 0.184. The molecule has 3 atom stereocenters. The molecule has 12 heavy (non-hydrogen) atoms. The quantitative estimate of drug-likeness (QED) is 0.558. The van der Waals surface area contributed by atoms with E-state index in [9.17, 15) is 0 Å². The Hall–Kier alpha value is -0.0551. The zero-order valence-electron chi connectivity index (χ0n) is 8.41. The first-order valence-corrected chi connectivity index (χ1v) is 4.32. The summed E-state index contributed by atoms with van der Waals surface area (Å²) in [4.78, 5) is 0. The van der Waals surface area contributed by atoms with Gasteiger partial charge in [-0.05, 0) is 6.42 Å². The van der Waals surface area contributed by atoms with Gasteiger partial charge < -0.3 is 14.6 Å². The van der Waals surface area contributed by atoms with E-state index in [-0.39, 0.29) is 24.6 Å². The second kappa shape index (κ2) is 6.46. The molecule has 1 N–H and O–H groups in total. The molecule has 0 fully saturated rings. The Balaban J connectivity index is 3.81. The molecule has 0 bridgehead atoms. The van der Waals surface area contributed by atoms with Crippen molar-refractivity contribution >= 4 is 7.85 Å². The summed E-state index contributed by atoms with van der Waals surface area (Å²) < 4.78 is 10.4. The molecular weight excluding hydrogens is 155 g/mol. The molecule has 0 aromatic rings. The normalized spacial score (nSPS) is 18.7. The van der Waals surface area contributed by atoms with E-state index < -0.39 is 0 Å². The van der Waals surface area contributed by atoms with Crippen LogP contribution in [0.4, 0.5) is 0 Å². The van der Waals surface area contributed by atoms with Crippen molar-refractivity contribution in [1.82, 2.24) is 0 Å². The van der Waals surface area contributed by atoms with Gasteiger partial charge in [0.05, 0.1) is 6.10 Å². The van der Waals surface area contributed by atoms with Crippen LogP contribution in [0.3, 0.4) is 0 Å². The van der Waals surface area contributed by atoms with Crippen LogP contribution in [0.5, 0.6) is 0 Å². The fraction of sp³-hybridized carbons (Fsp3) is 1.00. The minimum atomic E-state index is 0.0879. The fourth-order valence-electron chi connectivity index (χ4n) is 1.10. The summed E-state index contributed by atoms with van der Waals surface area (Å²) in [6.07, 6.45) is 0.916. The van der Waals surface area contributed by atoms with Crippen molar-refractivity contribution in [3.63, 3.8) is 0 Å². The Bertz CT molecular complexity index is 110. The van der Waals surface area contributed by atoms with Crippen LogP contribution < -0.4 is 0 Å². The molecule has 0 aliphatic rings. The summed E-state index contributed by atoms with van der Waals surface area (Å²) in [6.45, 7) is 2.13. The van der Waals surface area contributed by atoms with E-state index in [0.717, 1.165) is 6.42 Å². The van der Waals surface area contributed by atoms with Gasteiger partial charge in [-0.3, -0.25) is 0 Å².